The SMILES string of the molecule is O=C(N1C[C@@H]2C[C@@H]2[C@H]1CO)C1(OCc2cc(=O)n3[nH]c(-c4ccccc4)nc3n2)CCCCC1. The summed E-state index contributed by atoms with van der Waals surface area (Å²) >= 11 is 0. The predicted octanol–water partition coefficient (Wildman–Crippen LogP) is 2.14. The van der Waals surface area contributed by atoms with Crippen molar-refractivity contribution in [2.75, 3.05) is 13.2 Å². The zero-order chi connectivity index (χ0) is 23.3. The minimum absolute atomic E-state index is 0.000874. The number of nitrogens with zero attached hydrogens (tertiary/aromatic N) is 4. The number of amides is 1. The van der Waals surface area contributed by atoms with Gasteiger partial charge >= 0.3 is 0 Å². The number of piperidine rings is 1. The van der Waals surface area contributed by atoms with Gasteiger partial charge in [0.2, 0.25) is 0 Å². The van der Waals surface area contributed by atoms with Crippen LogP contribution in [0.2, 0.25) is 0 Å². The first kappa shape index (κ1) is 21.5. The van der Waals surface area contributed by atoms with Crippen LogP contribution in [0.1, 0.15) is 44.2 Å². The topological polar surface area (TPSA) is 113 Å². The number of fused-ring (bicyclic) bond motifs is 2. The molecular weight excluding hydrogens is 434 g/mol. The van der Waals surface area contributed by atoms with Crippen LogP contribution < -0.4 is 5.56 Å². The highest BCUT2D eigenvalue weighted by Crippen LogP contribution is 2.50. The van der Waals surface area contributed by atoms with Crippen molar-refractivity contribution in [3.05, 3.63) is 52.4 Å². The zero-order valence-corrected chi connectivity index (χ0v) is 19.0. The van der Waals surface area contributed by atoms with Gasteiger partial charge in [-0.3, -0.25) is 14.7 Å². The smallest absolute Gasteiger partial charge is 0.274 e. The predicted molar refractivity (Wildman–Crippen MR) is 124 cm³/mol. The van der Waals surface area contributed by atoms with Gasteiger partial charge in [-0.1, -0.05) is 49.6 Å². The maximum absolute atomic E-state index is 13.7. The molecule has 2 N–H and O–H groups in total. The van der Waals surface area contributed by atoms with Crippen molar-refractivity contribution in [3.63, 3.8) is 0 Å². The first-order valence-corrected chi connectivity index (χ1v) is 12.2. The molecule has 1 aliphatic heterocycles. The van der Waals surface area contributed by atoms with Gasteiger partial charge in [-0.05, 0) is 31.1 Å². The Labute approximate surface area is 196 Å². The average Bonchev–Trinajstić information content (AvgIpc) is 3.33. The summed E-state index contributed by atoms with van der Waals surface area (Å²) in [5.41, 5.74) is 0.119. The number of carbonyl (C=O) groups is 1. The molecule has 0 bridgehead atoms. The average molecular weight is 464 g/mol. The molecule has 6 rings (SSSR count). The number of hydrogen-bond acceptors (Lipinski definition) is 6. The minimum Gasteiger partial charge on any atom is -0.394 e. The molecule has 3 atom stereocenters. The number of aliphatic hydroxyl groups excluding tert-OH is 1. The van der Waals surface area contributed by atoms with Gasteiger partial charge in [0.15, 0.2) is 5.82 Å². The molecule has 9 heteroatoms. The van der Waals surface area contributed by atoms with Crippen molar-refractivity contribution in [1.82, 2.24) is 24.5 Å². The summed E-state index contributed by atoms with van der Waals surface area (Å²) in [6, 6.07) is 10.9. The molecule has 0 unspecified atom stereocenters. The van der Waals surface area contributed by atoms with Crippen molar-refractivity contribution < 1.29 is 14.6 Å². The van der Waals surface area contributed by atoms with Gasteiger partial charge < -0.3 is 14.7 Å². The van der Waals surface area contributed by atoms with Gasteiger partial charge in [-0.15, -0.1) is 0 Å². The number of rotatable bonds is 6. The molecular formula is C25H29N5O4. The number of hydrogen-bond donors (Lipinski definition) is 2. The molecule has 9 nitrogen and oxygen atoms in total. The first-order valence-electron chi connectivity index (χ1n) is 12.2. The number of aromatic amines is 1. The summed E-state index contributed by atoms with van der Waals surface area (Å²) in [6.45, 7) is 0.775. The fourth-order valence-electron chi connectivity index (χ4n) is 5.78. The second-order valence-electron chi connectivity index (χ2n) is 9.87. The van der Waals surface area contributed by atoms with Gasteiger partial charge in [-0.2, -0.15) is 9.50 Å². The maximum atomic E-state index is 13.7. The minimum atomic E-state index is -0.921. The molecule has 1 saturated heterocycles. The lowest BCUT2D eigenvalue weighted by atomic mass is 9.83. The Balaban J connectivity index is 1.25. The van der Waals surface area contributed by atoms with Crippen LogP contribution in [-0.4, -0.2) is 60.3 Å². The van der Waals surface area contributed by atoms with Gasteiger partial charge in [0.1, 0.15) is 5.60 Å². The van der Waals surface area contributed by atoms with E-state index in [0.717, 1.165) is 31.2 Å². The molecule has 178 valence electrons. The van der Waals surface area contributed by atoms with E-state index in [0.29, 0.717) is 42.7 Å². The summed E-state index contributed by atoms with van der Waals surface area (Å²) in [5, 5.41) is 12.9. The monoisotopic (exact) mass is 463 g/mol. The van der Waals surface area contributed by atoms with Gasteiger partial charge in [0, 0.05) is 18.2 Å². The van der Waals surface area contributed by atoms with E-state index in [-0.39, 0.29) is 36.5 Å². The Kier molecular flexibility index (Phi) is 5.26. The highest BCUT2D eigenvalue weighted by molar-refractivity contribution is 5.86. The Hall–Kier alpha value is -3.04. The molecule has 1 amide bonds. The lowest BCUT2D eigenvalue weighted by Gasteiger charge is -2.40. The van der Waals surface area contributed by atoms with Crippen molar-refractivity contribution in [1.29, 1.82) is 0 Å². The molecule has 1 aromatic carbocycles. The Morgan fingerprint density at radius 2 is 1.97 bits per heavy atom. The molecule has 3 aliphatic rings. The molecule has 34 heavy (non-hydrogen) atoms. The van der Waals surface area contributed by atoms with E-state index in [1.165, 1.54) is 10.6 Å². The van der Waals surface area contributed by atoms with Crippen LogP contribution in [0.4, 0.5) is 0 Å². The second-order valence-corrected chi connectivity index (χ2v) is 9.87. The van der Waals surface area contributed by atoms with E-state index in [1.807, 2.05) is 35.2 Å². The molecule has 2 aromatic heterocycles. The van der Waals surface area contributed by atoms with E-state index < -0.39 is 5.60 Å². The maximum Gasteiger partial charge on any atom is 0.274 e. The van der Waals surface area contributed by atoms with Crippen LogP contribution in [-0.2, 0) is 16.1 Å². The van der Waals surface area contributed by atoms with E-state index in [4.69, 9.17) is 4.74 Å². The second kappa shape index (κ2) is 8.32. The number of likely N-dealkylation sites (tertiary alicyclic amines) is 1. The third kappa shape index (κ3) is 3.63. The molecule has 0 radical (unpaired) electrons. The van der Waals surface area contributed by atoms with Crippen LogP contribution in [0, 0.1) is 11.8 Å². The van der Waals surface area contributed by atoms with Crippen molar-refractivity contribution in [2.24, 2.45) is 11.8 Å². The first-order chi connectivity index (χ1) is 16.6. The van der Waals surface area contributed by atoms with E-state index >= 15 is 0 Å². The van der Waals surface area contributed by atoms with Crippen LogP contribution >= 0.6 is 0 Å². The lowest BCUT2D eigenvalue weighted by molar-refractivity contribution is -0.168. The fraction of sp³-hybridized carbons (Fsp3) is 0.520. The van der Waals surface area contributed by atoms with E-state index in [2.05, 4.69) is 15.1 Å². The zero-order valence-electron chi connectivity index (χ0n) is 19.0. The number of aliphatic hydroxyl groups is 1. The van der Waals surface area contributed by atoms with E-state index in [9.17, 15) is 14.7 Å². The number of H-pyrrole nitrogens is 1. The van der Waals surface area contributed by atoms with Crippen molar-refractivity contribution in [3.8, 4) is 11.4 Å². The third-order valence-electron chi connectivity index (χ3n) is 7.73. The molecule has 3 aromatic rings. The van der Waals surface area contributed by atoms with Gasteiger partial charge in [0.05, 0.1) is 24.9 Å². The van der Waals surface area contributed by atoms with Gasteiger partial charge in [0.25, 0.3) is 17.2 Å². The van der Waals surface area contributed by atoms with E-state index in [1.54, 1.807) is 0 Å². The Morgan fingerprint density at radius 1 is 1.18 bits per heavy atom. The molecule has 2 aliphatic carbocycles. The quantitative estimate of drug-likeness (QED) is 0.579. The molecule has 3 heterocycles. The third-order valence-corrected chi connectivity index (χ3v) is 7.73. The number of nitrogens with one attached hydrogen (secondary N) is 1. The van der Waals surface area contributed by atoms with Crippen LogP contribution in [0.3, 0.4) is 0 Å². The molecule has 0 spiro atoms. The molecule has 3 fully saturated rings. The van der Waals surface area contributed by atoms with Crippen molar-refractivity contribution in [2.45, 2.75) is 56.8 Å². The van der Waals surface area contributed by atoms with Crippen LogP contribution in [0.15, 0.2) is 41.2 Å². The standard InChI is InChI=1S/C25H29N5O4/c31-14-20-19-11-17(19)13-29(20)23(33)25(9-5-2-6-10-25)34-15-18-12-21(32)30-24(26-18)27-22(28-30)16-7-3-1-4-8-16/h1,3-4,7-8,12,17,19-20,31H,2,5-6,9-11,13-15H2,(H,26,27,28)/t17-,19-,20+/m0/s1. The summed E-state index contributed by atoms with van der Waals surface area (Å²) < 4.78 is 7.66. The highest BCUT2D eigenvalue weighted by atomic mass is 16.5. The Bertz CT molecular complexity index is 1260. The number of carbonyl (C=O) groups excluding carboxylic acids is 1. The van der Waals surface area contributed by atoms with Gasteiger partial charge in [-0.25, -0.2) is 4.98 Å². The summed E-state index contributed by atoms with van der Waals surface area (Å²) in [5.74, 6) is 1.77. The highest BCUT2D eigenvalue weighted by Gasteiger charge is 2.56. The summed E-state index contributed by atoms with van der Waals surface area (Å²) in [6.07, 6.45) is 5.32. The molecule has 2 saturated carbocycles. The number of ether oxygens (including phenoxy) is 1. The Morgan fingerprint density at radius 3 is 2.74 bits per heavy atom. The summed E-state index contributed by atoms with van der Waals surface area (Å²) in [4.78, 5) is 37.3. The fourth-order valence-corrected chi connectivity index (χ4v) is 5.78. The van der Waals surface area contributed by atoms with Crippen LogP contribution in [0.25, 0.3) is 17.2 Å². The number of benzene rings is 1. The largest absolute Gasteiger partial charge is 0.394 e. The summed E-state index contributed by atoms with van der Waals surface area (Å²) in [7, 11) is 0. The number of aromatic nitrogens is 4. The lowest BCUT2D eigenvalue weighted by Crippen LogP contribution is -2.55. The normalized spacial score (nSPS) is 25.4. The van der Waals surface area contributed by atoms with Crippen molar-refractivity contribution >= 4 is 11.7 Å². The van der Waals surface area contributed by atoms with Crippen LogP contribution in [0.5, 0.6) is 0 Å².